The fourth-order valence-corrected chi connectivity index (χ4v) is 6.30. The van der Waals surface area contributed by atoms with E-state index in [0.29, 0.717) is 28.5 Å². The second-order valence-electron chi connectivity index (χ2n) is 10.6. The fourth-order valence-electron chi connectivity index (χ4n) is 6.18. The standard InChI is InChI=1S/C30H37ClN4O2/c1-21(32-30(37)22-16-18-23(31)19-17-22)29-33-26-14-8-9-15-27(26)34(29)20-28(36)35(24-10-4-2-5-11-24)25-12-6-3-7-13-25/h8-9,14-19,21,24-25H,2-7,10-13,20H2,1H3,(H,32,37). The van der Waals surface area contributed by atoms with Crippen LogP contribution in [0.3, 0.4) is 0 Å². The number of hydrogen-bond donors (Lipinski definition) is 1. The molecule has 3 aromatic rings. The zero-order chi connectivity index (χ0) is 25.8. The smallest absolute Gasteiger partial charge is 0.251 e. The van der Waals surface area contributed by atoms with Crippen molar-refractivity contribution in [3.05, 3.63) is 64.9 Å². The lowest BCUT2D eigenvalue weighted by Crippen LogP contribution is -2.50. The molecule has 2 amide bonds. The molecule has 0 aliphatic heterocycles. The molecule has 7 heteroatoms. The Morgan fingerprint density at radius 2 is 1.54 bits per heavy atom. The normalized spacial score (nSPS) is 18.0. The van der Waals surface area contributed by atoms with Gasteiger partial charge in [0, 0.05) is 22.7 Å². The Balaban J connectivity index is 1.42. The average molecular weight is 521 g/mol. The third-order valence-corrected chi connectivity index (χ3v) is 8.29. The minimum absolute atomic E-state index is 0.180. The number of rotatable bonds is 7. The van der Waals surface area contributed by atoms with Gasteiger partial charge >= 0.3 is 0 Å². The number of carbonyl (C=O) groups is 2. The molecule has 1 N–H and O–H groups in total. The Labute approximate surface area is 224 Å². The Hall–Kier alpha value is -2.86. The molecule has 2 fully saturated rings. The fraction of sp³-hybridized carbons (Fsp3) is 0.500. The van der Waals surface area contributed by atoms with Crippen LogP contribution in [0.1, 0.15) is 93.4 Å². The van der Waals surface area contributed by atoms with E-state index in [2.05, 4.69) is 10.2 Å². The number of benzene rings is 2. The van der Waals surface area contributed by atoms with Gasteiger partial charge in [0.15, 0.2) is 0 Å². The number of hydrogen-bond acceptors (Lipinski definition) is 3. The quantitative estimate of drug-likeness (QED) is 0.378. The van der Waals surface area contributed by atoms with E-state index >= 15 is 0 Å². The number of para-hydroxylation sites is 2. The number of aromatic nitrogens is 2. The maximum atomic E-state index is 14.1. The molecule has 1 unspecified atom stereocenters. The number of halogens is 1. The van der Waals surface area contributed by atoms with Gasteiger partial charge < -0.3 is 14.8 Å². The number of nitrogens with one attached hydrogen (secondary N) is 1. The first kappa shape index (κ1) is 25.8. The molecule has 0 bridgehead atoms. The van der Waals surface area contributed by atoms with Crippen LogP contribution in [0.5, 0.6) is 0 Å². The molecule has 1 atom stereocenters. The van der Waals surface area contributed by atoms with Crippen LogP contribution < -0.4 is 5.32 Å². The van der Waals surface area contributed by atoms with E-state index in [4.69, 9.17) is 16.6 Å². The number of amides is 2. The summed E-state index contributed by atoms with van der Waals surface area (Å²) in [5.74, 6) is 0.684. The van der Waals surface area contributed by atoms with Crippen molar-refractivity contribution in [1.82, 2.24) is 19.8 Å². The van der Waals surface area contributed by atoms with Crippen molar-refractivity contribution < 1.29 is 9.59 Å². The van der Waals surface area contributed by atoms with Gasteiger partial charge in [0.2, 0.25) is 5.91 Å². The zero-order valence-electron chi connectivity index (χ0n) is 21.7. The van der Waals surface area contributed by atoms with Crippen LogP contribution in [0.4, 0.5) is 0 Å². The Morgan fingerprint density at radius 1 is 0.946 bits per heavy atom. The van der Waals surface area contributed by atoms with Crippen LogP contribution >= 0.6 is 11.6 Å². The van der Waals surface area contributed by atoms with Gasteiger partial charge in [-0.2, -0.15) is 0 Å². The number of imidazole rings is 1. The van der Waals surface area contributed by atoms with E-state index in [0.717, 1.165) is 36.7 Å². The molecule has 6 nitrogen and oxygen atoms in total. The summed E-state index contributed by atoms with van der Waals surface area (Å²) >= 11 is 5.99. The van der Waals surface area contributed by atoms with E-state index in [9.17, 15) is 9.59 Å². The van der Waals surface area contributed by atoms with Crippen molar-refractivity contribution in [1.29, 1.82) is 0 Å². The Morgan fingerprint density at radius 3 is 2.16 bits per heavy atom. The summed E-state index contributed by atoms with van der Waals surface area (Å²) in [7, 11) is 0. The number of carbonyl (C=O) groups excluding carboxylic acids is 2. The molecular formula is C30H37ClN4O2. The molecule has 5 rings (SSSR count). The predicted molar refractivity (Wildman–Crippen MR) is 148 cm³/mol. The first-order valence-electron chi connectivity index (χ1n) is 13.8. The van der Waals surface area contributed by atoms with Crippen LogP contribution in [-0.2, 0) is 11.3 Å². The van der Waals surface area contributed by atoms with Crippen LogP contribution in [0, 0.1) is 0 Å². The topological polar surface area (TPSA) is 67.2 Å². The summed E-state index contributed by atoms with van der Waals surface area (Å²) in [4.78, 5) is 34.1. The summed E-state index contributed by atoms with van der Waals surface area (Å²) in [5, 5.41) is 3.66. The molecule has 1 aromatic heterocycles. The molecule has 1 heterocycles. The van der Waals surface area contributed by atoms with Crippen LogP contribution in [-0.4, -0.2) is 38.3 Å². The molecule has 2 aromatic carbocycles. The molecule has 2 aliphatic carbocycles. The molecule has 196 valence electrons. The van der Waals surface area contributed by atoms with Gasteiger partial charge in [-0.25, -0.2) is 4.98 Å². The molecule has 37 heavy (non-hydrogen) atoms. The predicted octanol–water partition coefficient (Wildman–Crippen LogP) is 6.67. The van der Waals surface area contributed by atoms with Crippen molar-refractivity contribution in [3.8, 4) is 0 Å². The first-order valence-corrected chi connectivity index (χ1v) is 14.2. The zero-order valence-corrected chi connectivity index (χ0v) is 22.4. The van der Waals surface area contributed by atoms with Gasteiger partial charge in [-0.1, -0.05) is 62.3 Å². The minimum Gasteiger partial charge on any atom is -0.342 e. The van der Waals surface area contributed by atoms with Gasteiger partial charge in [-0.15, -0.1) is 0 Å². The van der Waals surface area contributed by atoms with E-state index < -0.39 is 0 Å². The lowest BCUT2D eigenvalue weighted by Gasteiger charge is -2.42. The van der Waals surface area contributed by atoms with Crippen LogP contribution in [0.15, 0.2) is 48.5 Å². The largest absolute Gasteiger partial charge is 0.342 e. The highest BCUT2D eigenvalue weighted by atomic mass is 35.5. The highest BCUT2D eigenvalue weighted by Gasteiger charge is 2.33. The summed E-state index contributed by atoms with van der Waals surface area (Å²) in [5.41, 5.74) is 2.29. The maximum Gasteiger partial charge on any atom is 0.251 e. The van der Waals surface area contributed by atoms with Crippen LogP contribution in [0.25, 0.3) is 11.0 Å². The monoisotopic (exact) mass is 520 g/mol. The van der Waals surface area contributed by atoms with Gasteiger partial charge in [-0.3, -0.25) is 9.59 Å². The van der Waals surface area contributed by atoms with Crippen LogP contribution in [0.2, 0.25) is 5.02 Å². The summed E-state index contributed by atoms with van der Waals surface area (Å²) < 4.78 is 2.02. The Kier molecular flexibility index (Phi) is 8.14. The minimum atomic E-state index is -0.374. The maximum absolute atomic E-state index is 14.1. The van der Waals surface area contributed by atoms with Gasteiger partial charge in [-0.05, 0) is 69.0 Å². The highest BCUT2D eigenvalue weighted by molar-refractivity contribution is 6.30. The lowest BCUT2D eigenvalue weighted by atomic mass is 9.88. The van der Waals surface area contributed by atoms with Crippen molar-refractivity contribution in [2.75, 3.05) is 0 Å². The first-order chi connectivity index (χ1) is 18.0. The van der Waals surface area contributed by atoms with E-state index in [1.807, 2.05) is 35.8 Å². The molecule has 2 aliphatic rings. The summed E-state index contributed by atoms with van der Waals surface area (Å²) in [6.45, 7) is 2.17. The lowest BCUT2D eigenvalue weighted by molar-refractivity contribution is -0.138. The summed E-state index contributed by atoms with van der Waals surface area (Å²) in [6, 6.07) is 15.1. The van der Waals surface area contributed by atoms with Crippen molar-refractivity contribution in [3.63, 3.8) is 0 Å². The molecule has 0 saturated heterocycles. The second kappa shape index (κ2) is 11.7. The van der Waals surface area contributed by atoms with Crippen molar-refractivity contribution in [2.24, 2.45) is 0 Å². The molecule has 0 radical (unpaired) electrons. The van der Waals surface area contributed by atoms with E-state index in [1.165, 1.54) is 38.5 Å². The van der Waals surface area contributed by atoms with E-state index in [1.54, 1.807) is 24.3 Å². The third kappa shape index (κ3) is 5.85. The van der Waals surface area contributed by atoms with Crippen molar-refractivity contribution >= 4 is 34.4 Å². The summed E-state index contributed by atoms with van der Waals surface area (Å²) in [6.07, 6.45) is 11.8. The van der Waals surface area contributed by atoms with Gasteiger partial charge in [0.25, 0.3) is 5.91 Å². The van der Waals surface area contributed by atoms with Gasteiger partial charge in [0.1, 0.15) is 12.4 Å². The molecule has 0 spiro atoms. The second-order valence-corrected chi connectivity index (χ2v) is 11.1. The van der Waals surface area contributed by atoms with Crippen molar-refractivity contribution in [2.45, 2.75) is 95.8 Å². The Bertz CT molecular complexity index is 1210. The highest BCUT2D eigenvalue weighted by Crippen LogP contribution is 2.31. The number of fused-ring (bicyclic) bond motifs is 1. The van der Waals surface area contributed by atoms with E-state index in [-0.39, 0.29) is 24.4 Å². The third-order valence-electron chi connectivity index (χ3n) is 8.04. The number of nitrogens with zero attached hydrogens (tertiary/aromatic N) is 3. The molecular weight excluding hydrogens is 484 g/mol. The average Bonchev–Trinajstić information content (AvgIpc) is 3.29. The molecule has 2 saturated carbocycles. The SMILES string of the molecule is CC(NC(=O)c1ccc(Cl)cc1)c1nc2ccccc2n1CC(=O)N(C1CCCCC1)C1CCCCC1. The van der Waals surface area contributed by atoms with Gasteiger partial charge in [0.05, 0.1) is 17.1 Å².